The van der Waals surface area contributed by atoms with E-state index in [1.165, 1.54) is 5.56 Å². The predicted molar refractivity (Wildman–Crippen MR) is 95.8 cm³/mol. The zero-order valence-corrected chi connectivity index (χ0v) is 15.2. The monoisotopic (exact) mass is 364 g/mol. The molecular weight excluding hydrogens is 340 g/mol. The fourth-order valence-corrected chi connectivity index (χ4v) is 4.42. The molecule has 1 fully saturated rings. The summed E-state index contributed by atoms with van der Waals surface area (Å²) in [5.74, 6) is 0. The zero-order chi connectivity index (χ0) is 17.9. The van der Waals surface area contributed by atoms with Crippen LogP contribution in [0.4, 0.5) is 4.79 Å². The van der Waals surface area contributed by atoms with Crippen LogP contribution in [0.3, 0.4) is 0 Å². The van der Waals surface area contributed by atoms with E-state index in [1.807, 2.05) is 24.3 Å². The standard InChI is InChI=1S/C18H24N2O4S/c1-25(22,23)19-16-10-11-20-17(16)13-15-9-5-4-8-14(15)7-3-2-6-12-24-18(20)21/h2,4-6,8-9,16-17,19H,3,7,10-13H2,1H3/b6-2+/t16-,17-/m0/s1. The minimum absolute atomic E-state index is 0.244. The fourth-order valence-electron chi connectivity index (χ4n) is 3.60. The van der Waals surface area contributed by atoms with Gasteiger partial charge in [-0.3, -0.25) is 0 Å². The fraction of sp³-hybridized carbons (Fsp3) is 0.500. The number of amides is 1. The number of ether oxygens (including phenoxy) is 1. The number of allylic oxidation sites excluding steroid dienone is 1. The molecule has 2 aliphatic heterocycles. The maximum Gasteiger partial charge on any atom is 0.410 e. The van der Waals surface area contributed by atoms with Gasteiger partial charge in [0, 0.05) is 12.6 Å². The van der Waals surface area contributed by atoms with Crippen LogP contribution in [-0.2, 0) is 27.6 Å². The Kier molecular flexibility index (Phi) is 5.44. The normalized spacial score (nSPS) is 26.0. The van der Waals surface area contributed by atoms with Crippen LogP contribution in [0.5, 0.6) is 0 Å². The Balaban J connectivity index is 1.92. The first kappa shape index (κ1) is 17.9. The van der Waals surface area contributed by atoms with Gasteiger partial charge < -0.3 is 9.64 Å². The molecule has 0 saturated carbocycles. The van der Waals surface area contributed by atoms with Crippen molar-refractivity contribution < 1.29 is 17.9 Å². The van der Waals surface area contributed by atoms with E-state index in [-0.39, 0.29) is 24.8 Å². The van der Waals surface area contributed by atoms with Crippen molar-refractivity contribution in [3.05, 3.63) is 47.5 Å². The molecule has 2 heterocycles. The molecule has 25 heavy (non-hydrogen) atoms. The summed E-state index contributed by atoms with van der Waals surface area (Å²) < 4.78 is 31.4. The number of sulfonamides is 1. The van der Waals surface area contributed by atoms with Gasteiger partial charge in [0.2, 0.25) is 10.0 Å². The van der Waals surface area contributed by atoms with Gasteiger partial charge in [0.15, 0.2) is 0 Å². The molecule has 0 aromatic heterocycles. The highest BCUT2D eigenvalue weighted by atomic mass is 32.2. The number of hydrogen-bond acceptors (Lipinski definition) is 4. The summed E-state index contributed by atoms with van der Waals surface area (Å²) >= 11 is 0. The van der Waals surface area contributed by atoms with Gasteiger partial charge in [-0.25, -0.2) is 17.9 Å². The van der Waals surface area contributed by atoms with E-state index < -0.39 is 10.0 Å². The Morgan fingerprint density at radius 3 is 2.72 bits per heavy atom. The molecule has 1 saturated heterocycles. The number of carbonyl (C=O) groups excluding carboxylic acids is 1. The molecule has 1 N–H and O–H groups in total. The minimum atomic E-state index is -3.34. The van der Waals surface area contributed by atoms with E-state index in [1.54, 1.807) is 4.90 Å². The van der Waals surface area contributed by atoms with Crippen LogP contribution in [0.15, 0.2) is 36.4 Å². The highest BCUT2D eigenvalue weighted by Crippen LogP contribution is 2.25. The lowest BCUT2D eigenvalue weighted by Crippen LogP contribution is -2.48. The quantitative estimate of drug-likeness (QED) is 0.813. The summed E-state index contributed by atoms with van der Waals surface area (Å²) in [5.41, 5.74) is 2.40. The molecule has 0 bridgehead atoms. The number of nitrogens with one attached hydrogen (secondary N) is 1. The second-order valence-corrected chi connectivity index (χ2v) is 8.39. The van der Waals surface area contributed by atoms with E-state index in [9.17, 15) is 13.2 Å². The van der Waals surface area contributed by atoms with Crippen molar-refractivity contribution in [3.8, 4) is 0 Å². The minimum Gasteiger partial charge on any atom is -0.445 e. The summed E-state index contributed by atoms with van der Waals surface area (Å²) in [7, 11) is -3.34. The molecule has 136 valence electrons. The smallest absolute Gasteiger partial charge is 0.410 e. The molecule has 0 aliphatic carbocycles. The van der Waals surface area contributed by atoms with E-state index in [2.05, 4.69) is 16.9 Å². The van der Waals surface area contributed by atoms with Crippen LogP contribution in [0.1, 0.15) is 24.0 Å². The van der Waals surface area contributed by atoms with E-state index >= 15 is 0 Å². The molecule has 1 aromatic rings. The second-order valence-electron chi connectivity index (χ2n) is 6.61. The van der Waals surface area contributed by atoms with Gasteiger partial charge >= 0.3 is 6.09 Å². The molecule has 7 heteroatoms. The second kappa shape index (κ2) is 7.58. The molecule has 0 spiro atoms. The van der Waals surface area contributed by atoms with Crippen molar-refractivity contribution in [2.45, 2.75) is 37.8 Å². The Labute approximate surface area is 148 Å². The first-order chi connectivity index (χ1) is 11.9. The van der Waals surface area contributed by atoms with Gasteiger partial charge in [-0.1, -0.05) is 36.4 Å². The Bertz CT molecular complexity index is 760. The first-order valence-electron chi connectivity index (χ1n) is 8.56. The van der Waals surface area contributed by atoms with Crippen molar-refractivity contribution >= 4 is 16.1 Å². The maximum absolute atomic E-state index is 12.4. The average molecular weight is 364 g/mol. The van der Waals surface area contributed by atoms with Crippen molar-refractivity contribution in [1.29, 1.82) is 0 Å². The van der Waals surface area contributed by atoms with Crippen molar-refractivity contribution in [3.63, 3.8) is 0 Å². The zero-order valence-electron chi connectivity index (χ0n) is 14.3. The SMILES string of the molecule is CS(=O)(=O)N[C@H]1CCN2C(=O)OC/C=C/CCc3ccccc3C[C@@H]12. The third-order valence-electron chi connectivity index (χ3n) is 4.74. The Morgan fingerprint density at radius 2 is 1.96 bits per heavy atom. The molecule has 6 nitrogen and oxygen atoms in total. The third kappa shape index (κ3) is 4.61. The third-order valence-corrected chi connectivity index (χ3v) is 5.47. The molecule has 1 amide bonds. The molecule has 2 atom stereocenters. The molecule has 0 radical (unpaired) electrons. The lowest BCUT2D eigenvalue weighted by Gasteiger charge is -2.28. The Morgan fingerprint density at radius 1 is 1.20 bits per heavy atom. The number of benzene rings is 1. The summed E-state index contributed by atoms with van der Waals surface area (Å²) in [5, 5.41) is 0. The average Bonchev–Trinajstić information content (AvgIpc) is 2.91. The number of cyclic esters (lactones) is 1. The number of rotatable bonds is 2. The highest BCUT2D eigenvalue weighted by Gasteiger charge is 2.39. The van der Waals surface area contributed by atoms with Crippen molar-refractivity contribution in [2.75, 3.05) is 19.4 Å². The van der Waals surface area contributed by atoms with Gasteiger partial charge in [0.05, 0.1) is 12.3 Å². The van der Waals surface area contributed by atoms with Gasteiger partial charge in [0.25, 0.3) is 0 Å². The first-order valence-corrected chi connectivity index (χ1v) is 10.5. The number of hydrogen-bond donors (Lipinski definition) is 1. The topological polar surface area (TPSA) is 75.7 Å². The summed E-state index contributed by atoms with van der Waals surface area (Å²) in [6, 6.07) is 7.62. The van der Waals surface area contributed by atoms with Gasteiger partial charge in [-0.2, -0.15) is 0 Å². The van der Waals surface area contributed by atoms with Gasteiger partial charge in [-0.15, -0.1) is 0 Å². The van der Waals surface area contributed by atoms with E-state index in [4.69, 9.17) is 4.74 Å². The van der Waals surface area contributed by atoms with Gasteiger partial charge in [0.1, 0.15) is 6.61 Å². The predicted octanol–water partition coefficient (Wildman–Crippen LogP) is 1.86. The van der Waals surface area contributed by atoms with Crippen LogP contribution in [0.25, 0.3) is 0 Å². The van der Waals surface area contributed by atoms with Crippen molar-refractivity contribution in [2.24, 2.45) is 0 Å². The molecule has 3 rings (SSSR count). The van der Waals surface area contributed by atoms with Gasteiger partial charge in [-0.05, 0) is 36.8 Å². The van der Waals surface area contributed by atoms with Crippen LogP contribution < -0.4 is 4.72 Å². The van der Waals surface area contributed by atoms with E-state index in [0.717, 1.165) is 24.7 Å². The summed E-state index contributed by atoms with van der Waals surface area (Å²) in [6.45, 7) is 0.733. The number of aryl methyl sites for hydroxylation is 1. The van der Waals surface area contributed by atoms with Crippen LogP contribution in [0, 0.1) is 0 Å². The molecule has 0 unspecified atom stereocenters. The maximum atomic E-state index is 12.4. The highest BCUT2D eigenvalue weighted by molar-refractivity contribution is 7.88. The number of carbonyl (C=O) groups is 1. The van der Waals surface area contributed by atoms with Crippen LogP contribution >= 0.6 is 0 Å². The largest absolute Gasteiger partial charge is 0.445 e. The molecule has 1 aromatic carbocycles. The summed E-state index contributed by atoms with van der Waals surface area (Å²) in [4.78, 5) is 14.1. The van der Waals surface area contributed by atoms with Crippen LogP contribution in [0.2, 0.25) is 0 Å². The lowest BCUT2D eigenvalue weighted by atomic mass is 9.94. The number of nitrogens with zero attached hydrogens (tertiary/aromatic N) is 1. The van der Waals surface area contributed by atoms with Crippen LogP contribution in [-0.4, -0.2) is 50.9 Å². The molecular formula is C18H24N2O4S. The lowest BCUT2D eigenvalue weighted by molar-refractivity contribution is 0.106. The molecule has 2 aliphatic rings. The summed E-state index contributed by atoms with van der Waals surface area (Å²) in [6.07, 6.45) is 7.66. The number of fused-ring (bicyclic) bond motifs is 2. The van der Waals surface area contributed by atoms with E-state index in [0.29, 0.717) is 19.4 Å². The van der Waals surface area contributed by atoms with Crippen molar-refractivity contribution in [1.82, 2.24) is 9.62 Å². The Hall–Kier alpha value is -1.86.